The summed E-state index contributed by atoms with van der Waals surface area (Å²) in [6.45, 7) is 5.32. The van der Waals surface area contributed by atoms with Crippen molar-refractivity contribution in [1.82, 2.24) is 19.8 Å². The van der Waals surface area contributed by atoms with Gasteiger partial charge in [-0.25, -0.2) is 13.1 Å². The third-order valence-corrected chi connectivity index (χ3v) is 9.44. The maximum atomic E-state index is 13.9. The molecule has 3 rings (SSSR count). The Morgan fingerprint density at radius 2 is 1.86 bits per heavy atom. The molecule has 0 unspecified atom stereocenters. The van der Waals surface area contributed by atoms with Gasteiger partial charge in [-0.2, -0.15) is 0 Å². The van der Waals surface area contributed by atoms with Crippen molar-refractivity contribution in [2.24, 2.45) is 11.5 Å². The Kier molecular flexibility index (Phi) is 13.2. The van der Waals surface area contributed by atoms with Gasteiger partial charge in [0.1, 0.15) is 12.1 Å². The number of carbonyl (C=O) groups is 3. The number of likely N-dealkylation sites (tertiary alicyclic amines) is 2. The first kappa shape index (κ1) is 34.7. The Morgan fingerprint density at radius 3 is 2.51 bits per heavy atom. The van der Waals surface area contributed by atoms with E-state index in [0.29, 0.717) is 23.7 Å². The van der Waals surface area contributed by atoms with Gasteiger partial charge in [0.2, 0.25) is 27.7 Å². The summed E-state index contributed by atoms with van der Waals surface area (Å²) >= 11 is 6.13. The number of hydrogen-bond acceptors (Lipinski definition) is 7. The SMILES string of the molecule is C/C=C\C(=C/C)CS(=O)(=O)N[C@H](CCC(=O)N1CCCCC1)C(=O)N1C[C@H](N)C[C@H]1C(=O)NCc1cc(Cl)ccc1CN. The molecule has 3 amide bonds. The maximum Gasteiger partial charge on any atom is 0.243 e. The smallest absolute Gasteiger partial charge is 0.243 e. The molecule has 2 aliphatic rings. The fraction of sp³-hybridized carbons (Fsp3) is 0.567. The Morgan fingerprint density at radius 1 is 1.14 bits per heavy atom. The number of allylic oxidation sites excluding steroid dienone is 3. The highest BCUT2D eigenvalue weighted by Gasteiger charge is 2.41. The summed E-state index contributed by atoms with van der Waals surface area (Å²) in [5.74, 6) is -1.45. The van der Waals surface area contributed by atoms with Crippen LogP contribution in [0, 0.1) is 0 Å². The lowest BCUT2D eigenvalue weighted by Gasteiger charge is -2.30. The predicted molar refractivity (Wildman–Crippen MR) is 168 cm³/mol. The van der Waals surface area contributed by atoms with Gasteiger partial charge in [0.15, 0.2) is 0 Å². The zero-order valence-electron chi connectivity index (χ0n) is 25.1. The van der Waals surface area contributed by atoms with E-state index in [1.807, 2.05) is 0 Å². The van der Waals surface area contributed by atoms with Crippen LogP contribution in [-0.4, -0.2) is 79.5 Å². The number of hydrogen-bond donors (Lipinski definition) is 4. The van der Waals surface area contributed by atoms with Crippen LogP contribution in [-0.2, 0) is 37.5 Å². The van der Waals surface area contributed by atoms with Crippen LogP contribution in [0.3, 0.4) is 0 Å². The van der Waals surface area contributed by atoms with Gasteiger partial charge in [-0.3, -0.25) is 14.4 Å². The number of nitrogens with two attached hydrogens (primary N) is 2. The van der Waals surface area contributed by atoms with E-state index in [2.05, 4.69) is 10.0 Å². The van der Waals surface area contributed by atoms with Crippen LogP contribution in [0.1, 0.15) is 63.5 Å². The van der Waals surface area contributed by atoms with Gasteiger partial charge in [-0.1, -0.05) is 35.9 Å². The highest BCUT2D eigenvalue weighted by molar-refractivity contribution is 7.89. The molecule has 43 heavy (non-hydrogen) atoms. The number of nitrogens with one attached hydrogen (secondary N) is 2. The Bertz CT molecular complexity index is 1310. The molecular formula is C30H45ClN6O5S. The van der Waals surface area contributed by atoms with Crippen LogP contribution in [0.25, 0.3) is 0 Å². The largest absolute Gasteiger partial charge is 0.350 e. The van der Waals surface area contributed by atoms with Crippen molar-refractivity contribution in [1.29, 1.82) is 0 Å². The second-order valence-corrected chi connectivity index (χ2v) is 13.3. The topological polar surface area (TPSA) is 168 Å². The van der Waals surface area contributed by atoms with Crippen LogP contribution in [0.15, 0.2) is 42.0 Å². The summed E-state index contributed by atoms with van der Waals surface area (Å²) in [6, 6.07) is 2.64. The summed E-state index contributed by atoms with van der Waals surface area (Å²) in [5, 5.41) is 3.36. The van der Waals surface area contributed by atoms with Crippen LogP contribution in [0.5, 0.6) is 0 Å². The molecular weight excluding hydrogens is 592 g/mol. The van der Waals surface area contributed by atoms with E-state index < -0.39 is 40.0 Å². The number of carbonyl (C=O) groups excluding carboxylic acids is 3. The standard InChI is InChI=1S/C30H45ClN6O5S/c1-3-8-21(4-2)20-43(41,42)35-26(11-12-28(38)36-13-6-5-7-14-36)30(40)37-19-25(33)16-27(37)29(39)34-18-23-15-24(31)10-9-22(23)17-32/h3-4,8-10,15,25-27,35H,5-7,11-14,16-20,32-33H2,1-2H3,(H,34,39)/b8-3-,21-4+/t25-,26-,27+/m1/s1. The Labute approximate surface area is 260 Å². The third-order valence-electron chi connectivity index (χ3n) is 7.84. The van der Waals surface area contributed by atoms with Crippen molar-refractivity contribution >= 4 is 39.3 Å². The number of amides is 3. The lowest BCUT2D eigenvalue weighted by atomic mass is 10.1. The molecule has 238 valence electrons. The molecule has 2 saturated heterocycles. The fourth-order valence-electron chi connectivity index (χ4n) is 5.54. The molecule has 6 N–H and O–H groups in total. The lowest BCUT2D eigenvalue weighted by molar-refractivity contribution is -0.140. The third kappa shape index (κ3) is 10.1. The minimum absolute atomic E-state index is 0.00233. The minimum Gasteiger partial charge on any atom is -0.350 e. The first-order chi connectivity index (χ1) is 20.5. The monoisotopic (exact) mass is 636 g/mol. The van der Waals surface area contributed by atoms with E-state index in [1.165, 1.54) is 4.90 Å². The summed E-state index contributed by atoms with van der Waals surface area (Å²) in [5.41, 5.74) is 14.2. The van der Waals surface area contributed by atoms with Crippen LogP contribution < -0.4 is 21.5 Å². The molecule has 13 heteroatoms. The second kappa shape index (κ2) is 16.3. The van der Waals surface area contributed by atoms with Gasteiger partial charge in [0.25, 0.3) is 0 Å². The molecule has 1 aromatic carbocycles. The van der Waals surface area contributed by atoms with Crippen molar-refractivity contribution in [3.05, 3.63) is 58.1 Å². The zero-order valence-corrected chi connectivity index (χ0v) is 26.6. The van der Waals surface area contributed by atoms with Crippen LogP contribution >= 0.6 is 11.6 Å². The molecule has 0 bridgehead atoms. The predicted octanol–water partition coefficient (Wildman–Crippen LogP) is 1.95. The summed E-state index contributed by atoms with van der Waals surface area (Å²) in [6.07, 6.45) is 8.19. The number of halogens is 1. The summed E-state index contributed by atoms with van der Waals surface area (Å²) < 4.78 is 28.9. The van der Waals surface area contributed by atoms with E-state index >= 15 is 0 Å². The first-order valence-electron chi connectivity index (χ1n) is 14.8. The van der Waals surface area contributed by atoms with Gasteiger partial charge in [-0.05, 0) is 74.8 Å². The van der Waals surface area contributed by atoms with Crippen molar-refractivity contribution < 1.29 is 22.8 Å². The van der Waals surface area contributed by atoms with E-state index in [0.717, 1.165) is 30.4 Å². The average Bonchev–Trinajstić information content (AvgIpc) is 3.39. The number of benzene rings is 1. The molecule has 0 aliphatic carbocycles. The van der Waals surface area contributed by atoms with Gasteiger partial charge in [0.05, 0.1) is 5.75 Å². The molecule has 1 aromatic rings. The fourth-order valence-corrected chi connectivity index (χ4v) is 7.17. The second-order valence-electron chi connectivity index (χ2n) is 11.1. The highest BCUT2D eigenvalue weighted by atomic mass is 35.5. The Hall–Kier alpha value is -2.77. The van der Waals surface area contributed by atoms with Crippen molar-refractivity contribution in [3.8, 4) is 0 Å². The van der Waals surface area contributed by atoms with Crippen molar-refractivity contribution in [2.45, 2.75) is 83.6 Å². The molecule has 3 atom stereocenters. The molecule has 2 aliphatic heterocycles. The minimum atomic E-state index is -3.97. The van der Waals surface area contributed by atoms with Gasteiger partial charge < -0.3 is 26.6 Å². The molecule has 0 radical (unpaired) electrons. The number of sulfonamides is 1. The number of rotatable bonds is 13. The number of piperidine rings is 1. The molecule has 2 fully saturated rings. The zero-order chi connectivity index (χ0) is 31.6. The van der Waals surface area contributed by atoms with E-state index in [-0.39, 0.29) is 50.6 Å². The van der Waals surface area contributed by atoms with Crippen molar-refractivity contribution in [2.75, 3.05) is 25.4 Å². The van der Waals surface area contributed by atoms with E-state index in [1.54, 1.807) is 55.2 Å². The van der Waals surface area contributed by atoms with Crippen molar-refractivity contribution in [3.63, 3.8) is 0 Å². The molecule has 0 spiro atoms. The highest BCUT2D eigenvalue weighted by Crippen LogP contribution is 2.22. The van der Waals surface area contributed by atoms with Gasteiger partial charge >= 0.3 is 0 Å². The van der Waals surface area contributed by atoms with E-state index in [4.69, 9.17) is 23.1 Å². The van der Waals surface area contributed by atoms with E-state index in [9.17, 15) is 22.8 Å². The Balaban J connectivity index is 1.79. The van der Waals surface area contributed by atoms with Crippen LogP contribution in [0.2, 0.25) is 5.02 Å². The summed E-state index contributed by atoms with van der Waals surface area (Å²) in [7, 11) is -3.97. The average molecular weight is 637 g/mol. The molecule has 2 heterocycles. The van der Waals surface area contributed by atoms with Gasteiger partial charge in [-0.15, -0.1) is 0 Å². The lowest BCUT2D eigenvalue weighted by Crippen LogP contribution is -2.54. The quantitative estimate of drug-likeness (QED) is 0.240. The van der Waals surface area contributed by atoms with Gasteiger partial charge in [0, 0.05) is 50.2 Å². The normalized spacial score (nSPS) is 20.4. The first-order valence-corrected chi connectivity index (χ1v) is 16.9. The number of nitrogens with zero attached hydrogens (tertiary/aromatic N) is 2. The molecule has 11 nitrogen and oxygen atoms in total. The molecule has 0 aromatic heterocycles. The maximum absolute atomic E-state index is 13.9. The van der Waals surface area contributed by atoms with Crippen LogP contribution in [0.4, 0.5) is 0 Å². The summed E-state index contributed by atoms with van der Waals surface area (Å²) in [4.78, 5) is 43.4. The molecule has 0 saturated carbocycles.